The maximum absolute atomic E-state index is 12.0. The van der Waals surface area contributed by atoms with Crippen molar-refractivity contribution in [2.24, 2.45) is 5.73 Å². The zero-order valence-corrected chi connectivity index (χ0v) is 16.4. The summed E-state index contributed by atoms with van der Waals surface area (Å²) in [6.45, 7) is 5.65. The molecule has 0 aliphatic heterocycles. The zero-order chi connectivity index (χ0) is 18.7. The number of hydrogen-bond donors (Lipinski definition) is 3. The van der Waals surface area contributed by atoms with E-state index in [-0.39, 0.29) is 24.9 Å². The molecule has 0 aliphatic rings. The number of benzene rings is 1. The molecular formula is C20H24ClN5O. The normalized spacial score (nSPS) is 11.0. The van der Waals surface area contributed by atoms with E-state index in [4.69, 9.17) is 5.73 Å². The number of carbonyl (C=O) groups is 1. The highest BCUT2D eigenvalue weighted by atomic mass is 35.5. The number of hydrogen-bond acceptors (Lipinski definition) is 4. The van der Waals surface area contributed by atoms with Gasteiger partial charge in [-0.15, -0.1) is 12.4 Å². The van der Waals surface area contributed by atoms with Crippen LogP contribution in [-0.2, 0) is 11.3 Å². The first-order valence-electron chi connectivity index (χ1n) is 8.49. The molecule has 4 N–H and O–H groups in total. The lowest BCUT2D eigenvalue weighted by Crippen LogP contribution is -2.48. The van der Waals surface area contributed by atoms with Crippen molar-refractivity contribution in [3.8, 4) is 22.6 Å². The van der Waals surface area contributed by atoms with Crippen LogP contribution in [-0.4, -0.2) is 26.4 Å². The van der Waals surface area contributed by atoms with E-state index in [1.807, 2.05) is 49.4 Å². The van der Waals surface area contributed by atoms with Crippen LogP contribution in [0.25, 0.3) is 22.6 Å². The lowest BCUT2D eigenvalue weighted by molar-refractivity contribution is -0.125. The summed E-state index contributed by atoms with van der Waals surface area (Å²) in [5.41, 5.74) is 9.49. The quantitative estimate of drug-likeness (QED) is 0.628. The number of aromatic amines is 1. The Morgan fingerprint density at radius 2 is 1.89 bits per heavy atom. The smallest absolute Gasteiger partial charge is 0.239 e. The SMILES string of the molecule is Cc1ccc(-c2nc(CNC(=O)C(C)(C)N)[nH]c2-c2ccccn2)cc1.Cl. The average molecular weight is 386 g/mol. The van der Waals surface area contributed by atoms with E-state index in [1.165, 1.54) is 5.56 Å². The Morgan fingerprint density at radius 1 is 1.19 bits per heavy atom. The molecule has 142 valence electrons. The summed E-state index contributed by atoms with van der Waals surface area (Å²) in [7, 11) is 0. The highest BCUT2D eigenvalue weighted by molar-refractivity contribution is 5.85. The molecule has 0 fully saturated rings. The highest BCUT2D eigenvalue weighted by Crippen LogP contribution is 2.29. The second kappa shape index (κ2) is 8.33. The molecule has 1 amide bonds. The van der Waals surface area contributed by atoms with Gasteiger partial charge in [-0.1, -0.05) is 35.9 Å². The van der Waals surface area contributed by atoms with E-state index in [1.54, 1.807) is 20.0 Å². The molecule has 0 saturated heterocycles. The van der Waals surface area contributed by atoms with Crippen LogP contribution in [0.1, 0.15) is 25.2 Å². The van der Waals surface area contributed by atoms with Crippen molar-refractivity contribution in [1.29, 1.82) is 0 Å². The molecule has 0 aliphatic carbocycles. The molecule has 2 heterocycles. The van der Waals surface area contributed by atoms with E-state index in [9.17, 15) is 4.79 Å². The summed E-state index contributed by atoms with van der Waals surface area (Å²) in [5, 5.41) is 2.81. The van der Waals surface area contributed by atoms with E-state index in [2.05, 4.69) is 20.3 Å². The molecule has 6 nitrogen and oxygen atoms in total. The number of halogens is 1. The van der Waals surface area contributed by atoms with Crippen LogP contribution in [0.15, 0.2) is 48.7 Å². The van der Waals surface area contributed by atoms with Gasteiger partial charge in [0, 0.05) is 11.8 Å². The van der Waals surface area contributed by atoms with Crippen LogP contribution < -0.4 is 11.1 Å². The Bertz CT molecular complexity index is 898. The molecule has 0 spiro atoms. The number of H-pyrrole nitrogens is 1. The van der Waals surface area contributed by atoms with E-state index in [0.717, 1.165) is 22.6 Å². The second-order valence-electron chi connectivity index (χ2n) is 6.89. The van der Waals surface area contributed by atoms with Crippen molar-refractivity contribution in [2.45, 2.75) is 32.9 Å². The number of aromatic nitrogens is 3. The van der Waals surface area contributed by atoms with Gasteiger partial charge in [0.05, 0.1) is 29.2 Å². The molecule has 2 aromatic heterocycles. The number of amides is 1. The van der Waals surface area contributed by atoms with E-state index in [0.29, 0.717) is 5.82 Å². The second-order valence-corrected chi connectivity index (χ2v) is 6.89. The Labute approximate surface area is 165 Å². The standard InChI is InChI=1S/C20H23N5O.ClH/c1-13-7-9-14(10-8-13)17-18(15-6-4-5-11-22-15)25-16(24-17)12-23-19(26)20(2,3)21;/h4-11H,12,21H2,1-3H3,(H,23,26)(H,24,25);1H. The predicted molar refractivity (Wildman–Crippen MR) is 109 cm³/mol. The molecule has 27 heavy (non-hydrogen) atoms. The van der Waals surface area contributed by atoms with Crippen molar-refractivity contribution >= 4 is 18.3 Å². The molecular weight excluding hydrogens is 362 g/mol. The Balaban J connectivity index is 0.00000261. The van der Waals surface area contributed by atoms with Gasteiger partial charge in [0.15, 0.2) is 0 Å². The summed E-state index contributed by atoms with van der Waals surface area (Å²) < 4.78 is 0. The molecule has 0 atom stereocenters. The van der Waals surface area contributed by atoms with Crippen molar-refractivity contribution in [3.63, 3.8) is 0 Å². The van der Waals surface area contributed by atoms with Gasteiger partial charge in [0.2, 0.25) is 5.91 Å². The molecule has 0 unspecified atom stereocenters. The maximum Gasteiger partial charge on any atom is 0.239 e. The maximum atomic E-state index is 12.0. The minimum atomic E-state index is -0.934. The van der Waals surface area contributed by atoms with Crippen LogP contribution in [0.5, 0.6) is 0 Å². The molecule has 0 radical (unpaired) electrons. The molecule has 0 saturated carbocycles. The monoisotopic (exact) mass is 385 g/mol. The number of pyridine rings is 1. The average Bonchev–Trinajstić information content (AvgIpc) is 3.04. The Kier molecular flexibility index (Phi) is 6.36. The lowest BCUT2D eigenvalue weighted by Gasteiger charge is -2.16. The molecule has 3 rings (SSSR count). The van der Waals surface area contributed by atoms with Gasteiger partial charge in [-0.2, -0.15) is 0 Å². The van der Waals surface area contributed by atoms with Gasteiger partial charge in [0.25, 0.3) is 0 Å². The first-order chi connectivity index (χ1) is 12.3. The van der Waals surface area contributed by atoms with Gasteiger partial charge in [-0.3, -0.25) is 9.78 Å². The van der Waals surface area contributed by atoms with Gasteiger partial charge < -0.3 is 16.0 Å². The van der Waals surface area contributed by atoms with Crippen LogP contribution in [0.2, 0.25) is 0 Å². The van der Waals surface area contributed by atoms with Crippen molar-refractivity contribution in [1.82, 2.24) is 20.3 Å². The lowest BCUT2D eigenvalue weighted by atomic mass is 10.1. The number of aryl methyl sites for hydroxylation is 1. The topological polar surface area (TPSA) is 96.7 Å². The van der Waals surface area contributed by atoms with E-state index < -0.39 is 5.54 Å². The zero-order valence-electron chi connectivity index (χ0n) is 15.6. The minimum absolute atomic E-state index is 0. The van der Waals surface area contributed by atoms with Gasteiger partial charge >= 0.3 is 0 Å². The van der Waals surface area contributed by atoms with Crippen molar-refractivity contribution in [3.05, 3.63) is 60.0 Å². The summed E-state index contributed by atoms with van der Waals surface area (Å²) in [4.78, 5) is 24.4. The number of nitrogens with zero attached hydrogens (tertiary/aromatic N) is 2. The minimum Gasteiger partial charge on any atom is -0.347 e. The first kappa shape index (κ1) is 20.6. The number of imidazole rings is 1. The number of carbonyl (C=O) groups excluding carboxylic acids is 1. The van der Waals surface area contributed by atoms with Crippen molar-refractivity contribution in [2.75, 3.05) is 0 Å². The molecule has 3 aromatic rings. The third-order valence-corrected chi connectivity index (χ3v) is 4.00. The van der Waals surface area contributed by atoms with E-state index >= 15 is 0 Å². The predicted octanol–water partition coefficient (Wildman–Crippen LogP) is 3.22. The van der Waals surface area contributed by atoms with Crippen LogP contribution >= 0.6 is 12.4 Å². The fraction of sp³-hybridized carbons (Fsp3) is 0.250. The largest absolute Gasteiger partial charge is 0.347 e. The number of rotatable bonds is 5. The van der Waals surface area contributed by atoms with Gasteiger partial charge in [-0.05, 0) is 32.9 Å². The molecule has 7 heteroatoms. The number of nitrogens with two attached hydrogens (primary N) is 1. The van der Waals surface area contributed by atoms with Crippen molar-refractivity contribution < 1.29 is 4.79 Å². The summed E-state index contributed by atoms with van der Waals surface area (Å²) in [6.07, 6.45) is 1.74. The summed E-state index contributed by atoms with van der Waals surface area (Å²) in [5.74, 6) is 0.420. The van der Waals surface area contributed by atoms with Crippen LogP contribution in [0, 0.1) is 6.92 Å². The summed E-state index contributed by atoms with van der Waals surface area (Å²) in [6, 6.07) is 13.9. The highest BCUT2D eigenvalue weighted by Gasteiger charge is 2.22. The molecule has 1 aromatic carbocycles. The fourth-order valence-corrected chi connectivity index (χ4v) is 2.51. The van der Waals surface area contributed by atoms with Crippen LogP contribution in [0.4, 0.5) is 0 Å². The van der Waals surface area contributed by atoms with Gasteiger partial charge in [0.1, 0.15) is 5.82 Å². The first-order valence-corrected chi connectivity index (χ1v) is 8.49. The Hall–Kier alpha value is -2.70. The number of nitrogens with one attached hydrogen (secondary N) is 2. The molecule has 0 bridgehead atoms. The third kappa shape index (κ3) is 4.93. The fourth-order valence-electron chi connectivity index (χ4n) is 2.51. The van der Waals surface area contributed by atoms with Crippen LogP contribution in [0.3, 0.4) is 0 Å². The summed E-state index contributed by atoms with van der Waals surface area (Å²) >= 11 is 0. The van der Waals surface area contributed by atoms with Gasteiger partial charge in [-0.25, -0.2) is 4.98 Å². The Morgan fingerprint density at radius 3 is 2.48 bits per heavy atom. The third-order valence-electron chi connectivity index (χ3n) is 4.00.